The van der Waals surface area contributed by atoms with Gasteiger partial charge in [-0.25, -0.2) is 0 Å². The summed E-state index contributed by atoms with van der Waals surface area (Å²) in [5.41, 5.74) is 1.26. The maximum absolute atomic E-state index is 3.94. The molecular formula is C10H17N3. The van der Waals surface area contributed by atoms with E-state index in [9.17, 15) is 0 Å². The number of nitrogens with zero attached hydrogens (tertiary/aromatic N) is 1. The summed E-state index contributed by atoms with van der Waals surface area (Å²) in [6, 6.07) is 2.79. The van der Waals surface area contributed by atoms with Crippen LogP contribution in [0.5, 0.6) is 0 Å². The molecule has 3 nitrogen and oxygen atoms in total. The van der Waals surface area contributed by atoms with Gasteiger partial charge in [0.15, 0.2) is 0 Å². The highest BCUT2D eigenvalue weighted by molar-refractivity contribution is 4.98. The third-order valence-corrected chi connectivity index (χ3v) is 2.73. The van der Waals surface area contributed by atoms with Crippen molar-refractivity contribution in [1.29, 1.82) is 0 Å². The molecule has 0 radical (unpaired) electrons. The highest BCUT2D eigenvalue weighted by Crippen LogP contribution is 2.12. The van der Waals surface area contributed by atoms with E-state index in [0.717, 1.165) is 12.5 Å². The first-order chi connectivity index (χ1) is 6.45. The van der Waals surface area contributed by atoms with Gasteiger partial charge in [0.2, 0.25) is 0 Å². The van der Waals surface area contributed by atoms with Crippen LogP contribution >= 0.6 is 0 Å². The third-order valence-electron chi connectivity index (χ3n) is 2.73. The Morgan fingerprint density at radius 1 is 1.46 bits per heavy atom. The van der Waals surface area contributed by atoms with Gasteiger partial charge in [0.25, 0.3) is 0 Å². The van der Waals surface area contributed by atoms with Crippen molar-refractivity contribution < 1.29 is 0 Å². The first kappa shape index (κ1) is 8.75. The Kier molecular flexibility index (Phi) is 2.98. The lowest BCUT2D eigenvalue weighted by molar-refractivity contribution is 0.382. The molecule has 1 fully saturated rings. The van der Waals surface area contributed by atoms with Crippen molar-refractivity contribution >= 4 is 0 Å². The van der Waals surface area contributed by atoms with Crippen LogP contribution in [-0.4, -0.2) is 22.8 Å². The molecule has 1 aromatic rings. The predicted octanol–water partition coefficient (Wildman–Crippen LogP) is 1.48. The largest absolute Gasteiger partial charge is 0.314 e. The number of rotatable bonds is 3. The van der Waals surface area contributed by atoms with Gasteiger partial charge in [-0.05, 0) is 38.3 Å². The van der Waals surface area contributed by atoms with Crippen molar-refractivity contribution in [2.24, 2.45) is 0 Å². The molecule has 0 saturated carbocycles. The summed E-state index contributed by atoms with van der Waals surface area (Å²) in [5, 5.41) is 10.5. The summed E-state index contributed by atoms with van der Waals surface area (Å²) in [7, 11) is 0. The van der Waals surface area contributed by atoms with Crippen molar-refractivity contribution in [3.05, 3.63) is 18.0 Å². The minimum Gasteiger partial charge on any atom is -0.314 e. The second kappa shape index (κ2) is 4.42. The molecule has 2 rings (SSSR count). The van der Waals surface area contributed by atoms with Crippen LogP contribution in [0.4, 0.5) is 0 Å². The van der Waals surface area contributed by atoms with Crippen LogP contribution in [0.1, 0.15) is 31.4 Å². The van der Waals surface area contributed by atoms with Gasteiger partial charge < -0.3 is 5.32 Å². The molecule has 13 heavy (non-hydrogen) atoms. The second-order valence-corrected chi connectivity index (χ2v) is 3.77. The van der Waals surface area contributed by atoms with Crippen LogP contribution in [0.25, 0.3) is 0 Å². The zero-order chi connectivity index (χ0) is 8.93. The normalized spacial score (nSPS) is 23.2. The first-order valence-electron chi connectivity index (χ1n) is 5.17. The number of hydrogen-bond acceptors (Lipinski definition) is 2. The SMILES string of the molecule is c1cc(CCC2CCCCN2)[nH]n1. The maximum atomic E-state index is 3.94. The monoisotopic (exact) mass is 179 g/mol. The molecule has 0 amide bonds. The molecule has 0 bridgehead atoms. The molecular weight excluding hydrogens is 162 g/mol. The fraction of sp³-hybridized carbons (Fsp3) is 0.700. The lowest BCUT2D eigenvalue weighted by atomic mass is 10.00. The summed E-state index contributed by atoms with van der Waals surface area (Å²) >= 11 is 0. The fourth-order valence-corrected chi connectivity index (χ4v) is 1.92. The van der Waals surface area contributed by atoms with E-state index in [0.29, 0.717) is 0 Å². The molecule has 1 aliphatic heterocycles. The molecule has 2 heterocycles. The summed E-state index contributed by atoms with van der Waals surface area (Å²) in [4.78, 5) is 0. The van der Waals surface area contributed by atoms with Gasteiger partial charge in [-0.15, -0.1) is 0 Å². The summed E-state index contributed by atoms with van der Waals surface area (Å²) in [5.74, 6) is 0. The molecule has 1 aromatic heterocycles. The zero-order valence-electron chi connectivity index (χ0n) is 7.92. The van der Waals surface area contributed by atoms with Crippen molar-refractivity contribution in [1.82, 2.24) is 15.5 Å². The second-order valence-electron chi connectivity index (χ2n) is 3.77. The average Bonchev–Trinajstić information content (AvgIpc) is 2.69. The quantitative estimate of drug-likeness (QED) is 0.738. The fourth-order valence-electron chi connectivity index (χ4n) is 1.92. The minimum atomic E-state index is 0.733. The van der Waals surface area contributed by atoms with Gasteiger partial charge in [0.05, 0.1) is 0 Å². The Hall–Kier alpha value is -0.830. The lowest BCUT2D eigenvalue weighted by Gasteiger charge is -2.22. The van der Waals surface area contributed by atoms with Crippen LogP contribution < -0.4 is 5.32 Å². The Labute approximate surface area is 78.9 Å². The minimum absolute atomic E-state index is 0.733. The van der Waals surface area contributed by atoms with Crippen molar-refractivity contribution in [2.75, 3.05) is 6.54 Å². The molecule has 2 N–H and O–H groups in total. The average molecular weight is 179 g/mol. The zero-order valence-corrected chi connectivity index (χ0v) is 7.92. The van der Waals surface area contributed by atoms with Crippen LogP contribution in [0.2, 0.25) is 0 Å². The number of aromatic nitrogens is 2. The molecule has 0 spiro atoms. The molecule has 3 heteroatoms. The number of aryl methyl sites for hydroxylation is 1. The van der Waals surface area contributed by atoms with Crippen LogP contribution in [-0.2, 0) is 6.42 Å². The first-order valence-corrected chi connectivity index (χ1v) is 5.17. The maximum Gasteiger partial charge on any atom is 0.0490 e. The van der Waals surface area contributed by atoms with Gasteiger partial charge in [0.1, 0.15) is 0 Å². The summed E-state index contributed by atoms with van der Waals surface area (Å²) in [6.45, 7) is 1.20. The highest BCUT2D eigenvalue weighted by atomic mass is 15.1. The molecule has 1 atom stereocenters. The number of hydrogen-bond donors (Lipinski definition) is 2. The predicted molar refractivity (Wildman–Crippen MR) is 52.6 cm³/mol. The van der Waals surface area contributed by atoms with E-state index in [1.54, 1.807) is 0 Å². The Morgan fingerprint density at radius 3 is 3.15 bits per heavy atom. The van der Waals surface area contributed by atoms with E-state index in [1.165, 1.54) is 37.9 Å². The molecule has 0 aromatic carbocycles. The van der Waals surface area contributed by atoms with Gasteiger partial charge >= 0.3 is 0 Å². The van der Waals surface area contributed by atoms with Crippen molar-refractivity contribution in [3.8, 4) is 0 Å². The number of piperidine rings is 1. The number of H-pyrrole nitrogens is 1. The van der Waals surface area contributed by atoms with E-state index in [4.69, 9.17) is 0 Å². The number of nitrogens with one attached hydrogen (secondary N) is 2. The van der Waals surface area contributed by atoms with Gasteiger partial charge in [0, 0.05) is 17.9 Å². The van der Waals surface area contributed by atoms with Crippen LogP contribution in [0.15, 0.2) is 12.3 Å². The standard InChI is InChI=1S/C10H17N3/c1-2-7-11-9(3-1)4-5-10-6-8-12-13-10/h6,8-9,11H,1-5,7H2,(H,12,13). The summed E-state index contributed by atoms with van der Waals surface area (Å²) in [6.07, 6.45) is 8.26. The van der Waals surface area contributed by atoms with Crippen molar-refractivity contribution in [2.45, 2.75) is 38.1 Å². The van der Waals surface area contributed by atoms with Gasteiger partial charge in [-0.2, -0.15) is 5.10 Å². The van der Waals surface area contributed by atoms with E-state index in [-0.39, 0.29) is 0 Å². The van der Waals surface area contributed by atoms with Crippen LogP contribution in [0.3, 0.4) is 0 Å². The Bertz CT molecular complexity index is 224. The van der Waals surface area contributed by atoms with E-state index >= 15 is 0 Å². The topological polar surface area (TPSA) is 40.7 Å². The third kappa shape index (κ3) is 2.56. The molecule has 1 aliphatic rings. The van der Waals surface area contributed by atoms with E-state index in [1.807, 2.05) is 6.20 Å². The van der Waals surface area contributed by atoms with E-state index < -0.39 is 0 Å². The Morgan fingerprint density at radius 2 is 2.46 bits per heavy atom. The van der Waals surface area contributed by atoms with Crippen LogP contribution in [0, 0.1) is 0 Å². The molecule has 72 valence electrons. The smallest absolute Gasteiger partial charge is 0.0490 e. The molecule has 0 aliphatic carbocycles. The molecule has 1 unspecified atom stereocenters. The number of aromatic amines is 1. The lowest BCUT2D eigenvalue weighted by Crippen LogP contribution is -2.34. The Balaban J connectivity index is 1.72. The van der Waals surface area contributed by atoms with Gasteiger partial charge in [-0.3, -0.25) is 5.10 Å². The highest BCUT2D eigenvalue weighted by Gasteiger charge is 2.11. The van der Waals surface area contributed by atoms with Gasteiger partial charge in [-0.1, -0.05) is 6.42 Å². The summed E-state index contributed by atoms with van der Waals surface area (Å²) < 4.78 is 0. The van der Waals surface area contributed by atoms with E-state index in [2.05, 4.69) is 21.6 Å². The molecule has 1 saturated heterocycles. The van der Waals surface area contributed by atoms with Crippen molar-refractivity contribution in [3.63, 3.8) is 0 Å².